The van der Waals surface area contributed by atoms with Crippen molar-refractivity contribution in [3.63, 3.8) is 0 Å². The Morgan fingerprint density at radius 1 is 1.12 bits per heavy atom. The molecule has 1 rings (SSSR count). The van der Waals surface area contributed by atoms with Gasteiger partial charge in [0.25, 0.3) is 6.43 Å². The van der Waals surface area contributed by atoms with Crippen molar-refractivity contribution in [1.82, 2.24) is 20.3 Å². The van der Waals surface area contributed by atoms with Crippen LogP contribution < -0.4 is 33.6 Å². The van der Waals surface area contributed by atoms with Gasteiger partial charge in [-0.25, -0.2) is 8.78 Å². The maximum absolute atomic E-state index is 13.0. The molecule has 0 fully saturated rings. The minimum atomic E-state index is -2.97. The zero-order chi connectivity index (χ0) is 18.2. The quantitative estimate of drug-likeness (QED) is 0.279. The number of carbonyl (C=O) groups is 1. The van der Waals surface area contributed by atoms with Crippen LogP contribution in [0.5, 0.6) is 0 Å². The van der Waals surface area contributed by atoms with Crippen LogP contribution in [0, 0.1) is 0 Å². The predicted octanol–water partition coefficient (Wildman–Crippen LogP) is -1.34. The number of carbonyl (C=O) groups excluding carboxylic acids is 1. The lowest BCUT2D eigenvalue weighted by Gasteiger charge is -2.27. The molecule has 0 spiro atoms. The molecule has 1 atom stereocenters. The minimum Gasteiger partial charge on any atom is -0.368 e. The molecule has 10 N–H and O–H groups in total. The molecule has 0 radical (unpaired) electrons. The number of hydrogen-bond acceptors (Lipinski definition) is 9. The summed E-state index contributed by atoms with van der Waals surface area (Å²) in [6.45, 7) is 0.690. The number of rotatable bonds is 10. The van der Waals surface area contributed by atoms with E-state index in [1.807, 2.05) is 0 Å². The van der Waals surface area contributed by atoms with E-state index in [0.717, 1.165) is 0 Å². The first-order valence-electron chi connectivity index (χ1n) is 7.36. The monoisotopic (exact) mass is 347 g/mol. The summed E-state index contributed by atoms with van der Waals surface area (Å²) in [5.41, 5.74) is 19.4. The highest BCUT2D eigenvalue weighted by atomic mass is 19.3. The molecule has 0 aliphatic rings. The first-order chi connectivity index (χ1) is 11.3. The second-order valence-electron chi connectivity index (χ2n) is 5.14. The third-order valence-corrected chi connectivity index (χ3v) is 3.20. The van der Waals surface area contributed by atoms with Gasteiger partial charge in [0, 0.05) is 13.1 Å². The van der Waals surface area contributed by atoms with Crippen LogP contribution >= 0.6 is 0 Å². The zero-order valence-corrected chi connectivity index (χ0v) is 13.1. The number of nitrogens with two attached hydrogens (primary N) is 4. The second-order valence-corrected chi connectivity index (χ2v) is 5.14. The molecular weight excluding hydrogens is 324 g/mol. The third kappa shape index (κ3) is 5.70. The van der Waals surface area contributed by atoms with Crippen LogP contribution in [-0.2, 0) is 4.79 Å². The van der Waals surface area contributed by atoms with E-state index >= 15 is 0 Å². The van der Waals surface area contributed by atoms with Gasteiger partial charge in [0.05, 0.1) is 0 Å². The van der Waals surface area contributed by atoms with Crippen molar-refractivity contribution in [1.29, 1.82) is 0 Å². The zero-order valence-electron chi connectivity index (χ0n) is 13.1. The number of nitrogens with zero attached hydrogens (tertiary/aromatic N) is 3. The van der Waals surface area contributed by atoms with Gasteiger partial charge >= 0.3 is 0 Å². The molecule has 0 bridgehead atoms. The van der Waals surface area contributed by atoms with Crippen LogP contribution in [0.2, 0.25) is 0 Å². The highest BCUT2D eigenvalue weighted by molar-refractivity contribution is 5.86. The predicted molar refractivity (Wildman–Crippen MR) is 86.0 cm³/mol. The van der Waals surface area contributed by atoms with Crippen LogP contribution in [0.3, 0.4) is 0 Å². The number of aromatic nitrogens is 3. The number of anilines is 3. The summed E-state index contributed by atoms with van der Waals surface area (Å²) < 4.78 is 26.1. The molecule has 0 saturated heterocycles. The Kier molecular flexibility index (Phi) is 7.45. The van der Waals surface area contributed by atoms with Gasteiger partial charge in [0.2, 0.25) is 23.8 Å². The smallest absolute Gasteiger partial charge is 0.265 e. The van der Waals surface area contributed by atoms with Crippen molar-refractivity contribution in [3.05, 3.63) is 0 Å². The molecule has 1 aromatic rings. The number of amides is 1. The van der Waals surface area contributed by atoms with E-state index in [1.54, 1.807) is 0 Å². The Labute approximate surface area is 137 Å². The number of hydrogen-bond donors (Lipinski definition) is 6. The third-order valence-electron chi connectivity index (χ3n) is 3.20. The highest BCUT2D eigenvalue weighted by Gasteiger charge is 2.42. The van der Waals surface area contributed by atoms with Gasteiger partial charge in [-0.15, -0.1) is 0 Å². The maximum atomic E-state index is 13.0. The van der Waals surface area contributed by atoms with Crippen LogP contribution in [0.1, 0.15) is 19.3 Å². The second kappa shape index (κ2) is 9.08. The number of halogens is 2. The van der Waals surface area contributed by atoms with E-state index in [-0.39, 0.29) is 43.8 Å². The Balaban J connectivity index is 2.39. The summed E-state index contributed by atoms with van der Waals surface area (Å²) in [5, 5.41) is 5.22. The first kappa shape index (κ1) is 19.7. The first-order valence-corrected chi connectivity index (χ1v) is 7.36. The Hall–Kier alpha value is -2.34. The fourth-order valence-electron chi connectivity index (χ4n) is 1.86. The molecular formula is C12H23F2N9O. The van der Waals surface area contributed by atoms with E-state index in [1.165, 1.54) is 0 Å². The lowest BCUT2D eigenvalue weighted by molar-refractivity contribution is -0.132. The van der Waals surface area contributed by atoms with Crippen LogP contribution in [-0.4, -0.2) is 52.5 Å². The van der Waals surface area contributed by atoms with E-state index in [4.69, 9.17) is 22.9 Å². The summed E-state index contributed by atoms with van der Waals surface area (Å²) in [7, 11) is 0. The molecule has 24 heavy (non-hydrogen) atoms. The standard InChI is InChI=1S/C12H23F2N9O/c13-7(14)12(18,3-1-4-15)8(24)19-5-2-6-20-11-22-9(16)21-10(17)23-11/h7H,1-6,15,18H2,(H,19,24)(H5,16,17,20,21,22,23). The summed E-state index contributed by atoms with van der Waals surface area (Å²) in [6, 6.07) is 0. The fraction of sp³-hybridized carbons (Fsp3) is 0.667. The Morgan fingerprint density at radius 3 is 2.29 bits per heavy atom. The van der Waals surface area contributed by atoms with Crippen molar-refractivity contribution < 1.29 is 13.6 Å². The van der Waals surface area contributed by atoms with Gasteiger partial charge < -0.3 is 33.6 Å². The molecule has 0 aliphatic heterocycles. The van der Waals surface area contributed by atoms with Gasteiger partial charge in [-0.2, -0.15) is 15.0 Å². The van der Waals surface area contributed by atoms with E-state index in [9.17, 15) is 13.6 Å². The van der Waals surface area contributed by atoms with Crippen molar-refractivity contribution in [2.24, 2.45) is 11.5 Å². The summed E-state index contributed by atoms with van der Waals surface area (Å²) in [4.78, 5) is 23.1. The SMILES string of the molecule is NCCCC(N)(C(=O)NCCCNc1nc(N)nc(N)n1)C(F)F. The molecule has 1 aromatic heterocycles. The van der Waals surface area contributed by atoms with E-state index < -0.39 is 17.9 Å². The average molecular weight is 347 g/mol. The molecule has 0 aromatic carbocycles. The number of nitrogen functional groups attached to an aromatic ring is 2. The van der Waals surface area contributed by atoms with Crippen molar-refractivity contribution in [2.75, 3.05) is 36.4 Å². The highest BCUT2D eigenvalue weighted by Crippen LogP contribution is 2.19. The lowest BCUT2D eigenvalue weighted by Crippen LogP contribution is -2.59. The molecule has 1 unspecified atom stereocenters. The molecule has 1 amide bonds. The van der Waals surface area contributed by atoms with Gasteiger partial charge in [-0.3, -0.25) is 4.79 Å². The summed E-state index contributed by atoms with van der Waals surface area (Å²) in [5.74, 6) is -0.763. The number of nitrogens with one attached hydrogen (secondary N) is 2. The summed E-state index contributed by atoms with van der Waals surface area (Å²) >= 11 is 0. The van der Waals surface area contributed by atoms with Crippen molar-refractivity contribution in [3.8, 4) is 0 Å². The largest absolute Gasteiger partial charge is 0.368 e. The summed E-state index contributed by atoms with van der Waals surface area (Å²) in [6.07, 6.45) is -2.50. The van der Waals surface area contributed by atoms with Crippen LogP contribution in [0.25, 0.3) is 0 Å². The number of alkyl halides is 2. The van der Waals surface area contributed by atoms with Crippen molar-refractivity contribution >= 4 is 23.8 Å². The van der Waals surface area contributed by atoms with E-state index in [0.29, 0.717) is 13.0 Å². The minimum absolute atomic E-state index is 0.0249. The lowest BCUT2D eigenvalue weighted by atomic mass is 9.94. The van der Waals surface area contributed by atoms with Crippen LogP contribution in [0.4, 0.5) is 26.6 Å². The normalized spacial score (nSPS) is 13.5. The molecule has 0 saturated carbocycles. The molecule has 12 heteroatoms. The molecule has 10 nitrogen and oxygen atoms in total. The maximum Gasteiger partial charge on any atom is 0.265 e. The Morgan fingerprint density at radius 2 is 1.75 bits per heavy atom. The molecule has 136 valence electrons. The molecule has 0 aliphatic carbocycles. The van der Waals surface area contributed by atoms with Crippen molar-refractivity contribution in [2.45, 2.75) is 31.2 Å². The fourth-order valence-corrected chi connectivity index (χ4v) is 1.86. The van der Waals surface area contributed by atoms with Gasteiger partial charge in [0.1, 0.15) is 0 Å². The molecule has 1 heterocycles. The van der Waals surface area contributed by atoms with Gasteiger partial charge in [-0.1, -0.05) is 0 Å². The van der Waals surface area contributed by atoms with E-state index in [2.05, 4.69) is 25.6 Å². The van der Waals surface area contributed by atoms with Gasteiger partial charge in [0.15, 0.2) is 5.54 Å². The van der Waals surface area contributed by atoms with Crippen LogP contribution in [0.15, 0.2) is 0 Å². The average Bonchev–Trinajstić information content (AvgIpc) is 2.50. The topological polar surface area (TPSA) is 184 Å². The van der Waals surface area contributed by atoms with Gasteiger partial charge in [-0.05, 0) is 25.8 Å². The Bertz CT molecular complexity index is 525.